The van der Waals surface area contributed by atoms with Crippen LogP contribution in [0.4, 0.5) is 0 Å². The van der Waals surface area contributed by atoms with Gasteiger partial charge in [-0.25, -0.2) is 0 Å². The Balaban J connectivity index is 1.51. The zero-order valence-electron chi connectivity index (χ0n) is 16.9. The van der Waals surface area contributed by atoms with Gasteiger partial charge in [-0.15, -0.1) is 11.3 Å². The van der Waals surface area contributed by atoms with Gasteiger partial charge in [-0.1, -0.05) is 18.2 Å². The van der Waals surface area contributed by atoms with Crippen molar-refractivity contribution < 1.29 is 14.4 Å². The number of piperidine rings is 1. The summed E-state index contributed by atoms with van der Waals surface area (Å²) in [6, 6.07) is 8.13. The van der Waals surface area contributed by atoms with Gasteiger partial charge in [0.15, 0.2) is 0 Å². The van der Waals surface area contributed by atoms with Gasteiger partial charge >= 0.3 is 0 Å². The summed E-state index contributed by atoms with van der Waals surface area (Å²) in [5.41, 5.74) is 1.09. The van der Waals surface area contributed by atoms with Crippen molar-refractivity contribution in [3.8, 4) is 0 Å². The van der Waals surface area contributed by atoms with Gasteiger partial charge in [0.25, 0.3) is 5.91 Å². The van der Waals surface area contributed by atoms with E-state index in [0.29, 0.717) is 19.6 Å². The van der Waals surface area contributed by atoms with E-state index in [0.717, 1.165) is 46.3 Å². The van der Waals surface area contributed by atoms with Crippen LogP contribution in [0.2, 0.25) is 0 Å². The molecule has 7 heteroatoms. The number of nitrogens with zero attached hydrogens (tertiary/aromatic N) is 2. The standard InChI is InChI=1S/C22H27N3O3S/c1-14(26)24-10-7-15(8-11-24)22(28)25-12-9-16(13-25)19-17-5-3-4-6-18(17)29-20(19)21(27)23-2/h3-6,15-16H,7-13H2,1-2H3,(H,23,27). The quantitative estimate of drug-likeness (QED) is 0.841. The molecule has 0 spiro atoms. The molecule has 2 fully saturated rings. The van der Waals surface area contributed by atoms with Crippen molar-refractivity contribution in [2.45, 2.75) is 32.1 Å². The monoisotopic (exact) mass is 413 g/mol. The summed E-state index contributed by atoms with van der Waals surface area (Å²) in [7, 11) is 1.66. The van der Waals surface area contributed by atoms with Crippen molar-refractivity contribution in [1.29, 1.82) is 0 Å². The SMILES string of the molecule is CNC(=O)c1sc2ccccc2c1C1CCN(C(=O)C2CCN(C(C)=O)CC2)C1. The van der Waals surface area contributed by atoms with E-state index in [2.05, 4.69) is 17.4 Å². The van der Waals surface area contributed by atoms with E-state index in [4.69, 9.17) is 0 Å². The highest BCUT2D eigenvalue weighted by molar-refractivity contribution is 7.21. The number of benzene rings is 1. The fourth-order valence-corrected chi connectivity index (χ4v) is 5.88. The number of hydrogen-bond donors (Lipinski definition) is 1. The van der Waals surface area contributed by atoms with Gasteiger partial charge in [-0.05, 0) is 36.3 Å². The van der Waals surface area contributed by atoms with Crippen LogP contribution in [0.3, 0.4) is 0 Å². The number of carbonyl (C=O) groups is 3. The van der Waals surface area contributed by atoms with Crippen LogP contribution >= 0.6 is 11.3 Å². The van der Waals surface area contributed by atoms with E-state index in [1.54, 1.807) is 14.0 Å². The zero-order valence-corrected chi connectivity index (χ0v) is 17.8. The Labute approximate surface area is 174 Å². The lowest BCUT2D eigenvalue weighted by atomic mass is 9.94. The number of amides is 3. The maximum absolute atomic E-state index is 13.1. The van der Waals surface area contributed by atoms with Gasteiger partial charge in [-0.2, -0.15) is 0 Å². The maximum Gasteiger partial charge on any atom is 0.261 e. The third-order valence-corrected chi connectivity index (χ3v) is 7.45. The largest absolute Gasteiger partial charge is 0.354 e. The highest BCUT2D eigenvalue weighted by Gasteiger charge is 2.36. The first-order valence-corrected chi connectivity index (χ1v) is 11.1. The first-order valence-electron chi connectivity index (χ1n) is 10.3. The molecular formula is C22H27N3O3S. The summed E-state index contributed by atoms with van der Waals surface area (Å²) in [5, 5.41) is 3.89. The molecular weight excluding hydrogens is 386 g/mol. The second-order valence-corrected chi connectivity index (χ2v) is 9.02. The lowest BCUT2D eigenvalue weighted by Gasteiger charge is -2.32. The maximum atomic E-state index is 13.1. The van der Waals surface area contributed by atoms with Crippen molar-refractivity contribution in [2.75, 3.05) is 33.2 Å². The van der Waals surface area contributed by atoms with E-state index in [1.165, 1.54) is 11.3 Å². The van der Waals surface area contributed by atoms with Gasteiger partial charge in [-0.3, -0.25) is 14.4 Å². The minimum Gasteiger partial charge on any atom is -0.354 e. The van der Waals surface area contributed by atoms with Crippen molar-refractivity contribution in [3.63, 3.8) is 0 Å². The van der Waals surface area contributed by atoms with E-state index >= 15 is 0 Å². The van der Waals surface area contributed by atoms with Gasteiger partial charge < -0.3 is 15.1 Å². The van der Waals surface area contributed by atoms with Crippen molar-refractivity contribution in [2.24, 2.45) is 5.92 Å². The summed E-state index contributed by atoms with van der Waals surface area (Å²) < 4.78 is 1.11. The molecule has 0 radical (unpaired) electrons. The second kappa shape index (κ2) is 8.14. The fraction of sp³-hybridized carbons (Fsp3) is 0.500. The van der Waals surface area contributed by atoms with Crippen LogP contribution in [-0.2, 0) is 9.59 Å². The Hall–Kier alpha value is -2.41. The van der Waals surface area contributed by atoms with Crippen molar-refractivity contribution >= 4 is 39.1 Å². The van der Waals surface area contributed by atoms with Crippen LogP contribution in [0.25, 0.3) is 10.1 Å². The molecule has 1 atom stereocenters. The number of rotatable bonds is 3. The molecule has 1 N–H and O–H groups in total. The molecule has 2 aliphatic heterocycles. The third-order valence-electron chi connectivity index (χ3n) is 6.26. The highest BCUT2D eigenvalue weighted by atomic mass is 32.1. The summed E-state index contributed by atoms with van der Waals surface area (Å²) in [4.78, 5) is 41.7. The minimum absolute atomic E-state index is 0.00183. The Bertz CT molecular complexity index is 946. The number of hydrogen-bond acceptors (Lipinski definition) is 4. The number of likely N-dealkylation sites (tertiary alicyclic amines) is 2. The minimum atomic E-state index is -0.0532. The fourth-order valence-electron chi connectivity index (χ4n) is 4.65. The van der Waals surface area contributed by atoms with Crippen LogP contribution in [-0.4, -0.2) is 60.7 Å². The first-order chi connectivity index (χ1) is 14.0. The lowest BCUT2D eigenvalue weighted by Crippen LogP contribution is -2.43. The molecule has 154 valence electrons. The van der Waals surface area contributed by atoms with Crippen LogP contribution in [0.15, 0.2) is 24.3 Å². The molecule has 6 nitrogen and oxygen atoms in total. The Kier molecular flexibility index (Phi) is 5.58. The van der Waals surface area contributed by atoms with Gasteiger partial charge in [0.2, 0.25) is 11.8 Å². The van der Waals surface area contributed by atoms with E-state index in [-0.39, 0.29) is 29.6 Å². The predicted molar refractivity (Wildman–Crippen MR) is 114 cm³/mol. The smallest absolute Gasteiger partial charge is 0.261 e. The van der Waals surface area contributed by atoms with Crippen molar-refractivity contribution in [3.05, 3.63) is 34.7 Å². The molecule has 2 aromatic rings. The molecule has 3 amide bonds. The molecule has 2 saturated heterocycles. The summed E-state index contributed by atoms with van der Waals surface area (Å²) in [6.07, 6.45) is 2.36. The Morgan fingerprint density at radius 2 is 1.72 bits per heavy atom. The number of carbonyl (C=O) groups excluding carboxylic acids is 3. The number of nitrogens with one attached hydrogen (secondary N) is 1. The lowest BCUT2D eigenvalue weighted by molar-refractivity contribution is -0.139. The van der Waals surface area contributed by atoms with Crippen LogP contribution in [0.5, 0.6) is 0 Å². The highest BCUT2D eigenvalue weighted by Crippen LogP contribution is 2.40. The summed E-state index contributed by atoms with van der Waals surface area (Å²) in [6.45, 7) is 4.31. The average Bonchev–Trinajstić information content (AvgIpc) is 3.37. The van der Waals surface area contributed by atoms with E-state index < -0.39 is 0 Å². The van der Waals surface area contributed by atoms with Gasteiger partial charge in [0, 0.05) is 56.7 Å². The molecule has 29 heavy (non-hydrogen) atoms. The topological polar surface area (TPSA) is 69.7 Å². The van der Waals surface area contributed by atoms with Crippen LogP contribution in [0, 0.1) is 5.92 Å². The van der Waals surface area contributed by atoms with Gasteiger partial charge in [0.05, 0.1) is 4.88 Å². The molecule has 2 aliphatic rings. The molecule has 1 unspecified atom stereocenters. The molecule has 3 heterocycles. The second-order valence-electron chi connectivity index (χ2n) is 7.97. The predicted octanol–water partition coefficient (Wildman–Crippen LogP) is 2.84. The molecule has 1 aromatic carbocycles. The Morgan fingerprint density at radius 3 is 2.41 bits per heavy atom. The number of thiophene rings is 1. The summed E-state index contributed by atoms with van der Waals surface area (Å²) >= 11 is 1.53. The van der Waals surface area contributed by atoms with Gasteiger partial charge in [0.1, 0.15) is 0 Å². The van der Waals surface area contributed by atoms with Crippen molar-refractivity contribution in [1.82, 2.24) is 15.1 Å². The Morgan fingerprint density at radius 1 is 1.03 bits per heavy atom. The number of fused-ring (bicyclic) bond motifs is 1. The van der Waals surface area contributed by atoms with Crippen LogP contribution < -0.4 is 5.32 Å². The van der Waals surface area contributed by atoms with E-state index in [1.807, 2.05) is 21.9 Å². The van der Waals surface area contributed by atoms with Crippen LogP contribution in [0.1, 0.15) is 47.3 Å². The molecule has 1 aromatic heterocycles. The normalized spacial score (nSPS) is 20.3. The first kappa shape index (κ1) is 19.9. The molecule has 0 bridgehead atoms. The average molecular weight is 414 g/mol. The van der Waals surface area contributed by atoms with E-state index in [9.17, 15) is 14.4 Å². The summed E-state index contributed by atoms with van der Waals surface area (Å²) in [5.74, 6) is 0.421. The molecule has 0 aliphatic carbocycles. The molecule has 0 saturated carbocycles. The third kappa shape index (κ3) is 3.75. The molecule has 4 rings (SSSR count). The zero-order chi connectivity index (χ0) is 20.5.